The van der Waals surface area contributed by atoms with Crippen molar-refractivity contribution in [2.45, 2.75) is 13.8 Å². The molecule has 5 nitrogen and oxygen atoms in total. The SMILES string of the molecule is CCOC(=O)c1cnc2ccc(OCC)cc2c1Nc1ccc(Cl)c(Cl)c1. The van der Waals surface area contributed by atoms with E-state index >= 15 is 0 Å². The third-order valence-electron chi connectivity index (χ3n) is 3.83. The molecule has 2 aromatic carbocycles. The lowest BCUT2D eigenvalue weighted by atomic mass is 10.1. The Morgan fingerprint density at radius 2 is 1.89 bits per heavy atom. The molecule has 0 fully saturated rings. The fraction of sp³-hybridized carbons (Fsp3) is 0.200. The second-order valence-corrected chi connectivity index (χ2v) is 6.45. The zero-order valence-corrected chi connectivity index (χ0v) is 16.4. The first kappa shape index (κ1) is 19.3. The summed E-state index contributed by atoms with van der Waals surface area (Å²) in [6, 6.07) is 10.7. The van der Waals surface area contributed by atoms with Gasteiger partial charge < -0.3 is 14.8 Å². The summed E-state index contributed by atoms with van der Waals surface area (Å²) in [4.78, 5) is 16.8. The van der Waals surface area contributed by atoms with Crippen molar-refractivity contribution < 1.29 is 14.3 Å². The van der Waals surface area contributed by atoms with Crippen LogP contribution in [0.4, 0.5) is 11.4 Å². The molecular formula is C20H18Cl2N2O3. The van der Waals surface area contributed by atoms with Gasteiger partial charge in [0.2, 0.25) is 0 Å². The van der Waals surface area contributed by atoms with Crippen molar-refractivity contribution >= 4 is 51.4 Å². The number of anilines is 2. The summed E-state index contributed by atoms with van der Waals surface area (Å²) in [5.41, 5.74) is 2.29. The highest BCUT2D eigenvalue weighted by Crippen LogP contribution is 2.34. The van der Waals surface area contributed by atoms with Crippen LogP contribution in [0.2, 0.25) is 10.0 Å². The number of pyridine rings is 1. The number of aromatic nitrogens is 1. The molecule has 0 saturated heterocycles. The molecule has 1 aromatic heterocycles. The van der Waals surface area contributed by atoms with Crippen LogP contribution in [0.5, 0.6) is 5.75 Å². The standard InChI is InChI=1S/C20H18Cl2N2O3/c1-3-26-13-6-8-18-14(10-13)19(15(11-23-18)20(25)27-4-2)24-12-5-7-16(21)17(22)9-12/h5-11H,3-4H2,1-2H3,(H,23,24). The maximum absolute atomic E-state index is 12.5. The molecule has 0 saturated carbocycles. The number of carbonyl (C=O) groups is 1. The number of carbonyl (C=O) groups excluding carboxylic acids is 1. The monoisotopic (exact) mass is 404 g/mol. The number of hydrogen-bond acceptors (Lipinski definition) is 5. The third kappa shape index (κ3) is 4.26. The second-order valence-electron chi connectivity index (χ2n) is 5.63. The zero-order valence-electron chi connectivity index (χ0n) is 14.9. The summed E-state index contributed by atoms with van der Waals surface area (Å²) in [5.74, 6) is 0.223. The molecule has 0 amide bonds. The molecule has 0 atom stereocenters. The van der Waals surface area contributed by atoms with Crippen LogP contribution in [0, 0.1) is 0 Å². The van der Waals surface area contributed by atoms with Crippen molar-refractivity contribution in [2.24, 2.45) is 0 Å². The minimum Gasteiger partial charge on any atom is -0.494 e. The Kier molecular flexibility index (Phi) is 6.04. The van der Waals surface area contributed by atoms with Gasteiger partial charge >= 0.3 is 5.97 Å². The fourth-order valence-electron chi connectivity index (χ4n) is 2.64. The first-order valence-corrected chi connectivity index (χ1v) is 9.23. The van der Waals surface area contributed by atoms with Gasteiger partial charge in [-0.1, -0.05) is 23.2 Å². The van der Waals surface area contributed by atoms with Crippen molar-refractivity contribution in [2.75, 3.05) is 18.5 Å². The van der Waals surface area contributed by atoms with E-state index in [4.69, 9.17) is 32.7 Å². The molecule has 0 unspecified atom stereocenters. The molecule has 0 aliphatic heterocycles. The van der Waals surface area contributed by atoms with Crippen LogP contribution in [-0.4, -0.2) is 24.2 Å². The van der Waals surface area contributed by atoms with E-state index in [0.29, 0.717) is 44.9 Å². The molecule has 0 spiro atoms. The molecule has 1 heterocycles. The first-order valence-electron chi connectivity index (χ1n) is 8.48. The summed E-state index contributed by atoms with van der Waals surface area (Å²) in [5, 5.41) is 4.85. The van der Waals surface area contributed by atoms with Gasteiger partial charge in [-0.3, -0.25) is 4.98 Å². The molecule has 140 valence electrons. The van der Waals surface area contributed by atoms with Crippen LogP contribution >= 0.6 is 23.2 Å². The highest BCUT2D eigenvalue weighted by molar-refractivity contribution is 6.42. The normalized spacial score (nSPS) is 10.7. The molecule has 1 N–H and O–H groups in total. The molecule has 7 heteroatoms. The van der Waals surface area contributed by atoms with E-state index in [1.54, 1.807) is 25.1 Å². The lowest BCUT2D eigenvalue weighted by Gasteiger charge is -2.15. The van der Waals surface area contributed by atoms with Crippen LogP contribution in [0.25, 0.3) is 10.9 Å². The van der Waals surface area contributed by atoms with Gasteiger partial charge in [0.15, 0.2) is 0 Å². The number of benzene rings is 2. The smallest absolute Gasteiger partial charge is 0.341 e. The Balaban J connectivity index is 2.16. The Bertz CT molecular complexity index is 992. The van der Waals surface area contributed by atoms with Gasteiger partial charge in [-0.05, 0) is 50.2 Å². The molecule has 0 bridgehead atoms. The van der Waals surface area contributed by atoms with Crippen LogP contribution in [0.3, 0.4) is 0 Å². The van der Waals surface area contributed by atoms with Gasteiger partial charge in [0.25, 0.3) is 0 Å². The maximum atomic E-state index is 12.5. The molecule has 27 heavy (non-hydrogen) atoms. The average molecular weight is 405 g/mol. The summed E-state index contributed by atoms with van der Waals surface area (Å²) in [7, 11) is 0. The highest BCUT2D eigenvalue weighted by atomic mass is 35.5. The van der Waals surface area contributed by atoms with Crippen molar-refractivity contribution in [1.29, 1.82) is 0 Å². The molecular weight excluding hydrogens is 387 g/mol. The highest BCUT2D eigenvalue weighted by Gasteiger charge is 2.18. The summed E-state index contributed by atoms with van der Waals surface area (Å²) < 4.78 is 10.8. The second kappa shape index (κ2) is 8.46. The quantitative estimate of drug-likeness (QED) is 0.521. The molecule has 0 aliphatic rings. The predicted molar refractivity (Wildman–Crippen MR) is 109 cm³/mol. The summed E-state index contributed by atoms with van der Waals surface area (Å²) >= 11 is 12.1. The summed E-state index contributed by atoms with van der Waals surface area (Å²) in [6.45, 7) is 4.46. The number of fused-ring (bicyclic) bond motifs is 1. The van der Waals surface area contributed by atoms with Crippen molar-refractivity contribution in [3.05, 3.63) is 58.2 Å². The minimum atomic E-state index is -0.462. The number of ether oxygens (including phenoxy) is 2. The van der Waals surface area contributed by atoms with Gasteiger partial charge in [0.1, 0.15) is 11.3 Å². The Morgan fingerprint density at radius 1 is 1.07 bits per heavy atom. The van der Waals surface area contributed by atoms with Crippen molar-refractivity contribution in [3.8, 4) is 5.75 Å². The van der Waals surface area contributed by atoms with E-state index in [1.807, 2.05) is 25.1 Å². The number of nitrogens with one attached hydrogen (secondary N) is 1. The molecule has 0 aliphatic carbocycles. The number of halogens is 2. The number of rotatable bonds is 6. The Labute approximate surface area is 167 Å². The average Bonchev–Trinajstić information content (AvgIpc) is 2.65. The largest absolute Gasteiger partial charge is 0.494 e. The van der Waals surface area contributed by atoms with Gasteiger partial charge in [-0.2, -0.15) is 0 Å². The van der Waals surface area contributed by atoms with E-state index in [9.17, 15) is 4.79 Å². The van der Waals surface area contributed by atoms with E-state index in [0.717, 1.165) is 5.39 Å². The number of hydrogen-bond donors (Lipinski definition) is 1. The molecule has 3 rings (SSSR count). The van der Waals surface area contributed by atoms with Gasteiger partial charge in [0.05, 0.1) is 34.5 Å². The fourth-order valence-corrected chi connectivity index (χ4v) is 2.94. The van der Waals surface area contributed by atoms with E-state index in [-0.39, 0.29) is 6.61 Å². The lowest BCUT2D eigenvalue weighted by Crippen LogP contribution is -2.09. The first-order chi connectivity index (χ1) is 13.0. The number of esters is 1. The van der Waals surface area contributed by atoms with Gasteiger partial charge in [-0.15, -0.1) is 0 Å². The lowest BCUT2D eigenvalue weighted by molar-refractivity contribution is 0.0527. The summed E-state index contributed by atoms with van der Waals surface area (Å²) in [6.07, 6.45) is 1.50. The van der Waals surface area contributed by atoms with Crippen LogP contribution < -0.4 is 10.1 Å². The molecule has 3 aromatic rings. The van der Waals surface area contributed by atoms with Crippen LogP contribution in [0.1, 0.15) is 24.2 Å². The third-order valence-corrected chi connectivity index (χ3v) is 4.57. The Morgan fingerprint density at radius 3 is 2.59 bits per heavy atom. The van der Waals surface area contributed by atoms with E-state index in [1.165, 1.54) is 6.20 Å². The Hall–Kier alpha value is -2.50. The van der Waals surface area contributed by atoms with Crippen molar-refractivity contribution in [3.63, 3.8) is 0 Å². The van der Waals surface area contributed by atoms with E-state index < -0.39 is 5.97 Å². The zero-order chi connectivity index (χ0) is 19.4. The number of nitrogens with zero attached hydrogens (tertiary/aromatic N) is 1. The van der Waals surface area contributed by atoms with Gasteiger partial charge in [0, 0.05) is 17.3 Å². The van der Waals surface area contributed by atoms with Crippen molar-refractivity contribution in [1.82, 2.24) is 4.98 Å². The maximum Gasteiger partial charge on any atom is 0.341 e. The molecule has 0 radical (unpaired) electrons. The van der Waals surface area contributed by atoms with Crippen LogP contribution in [-0.2, 0) is 4.74 Å². The van der Waals surface area contributed by atoms with Crippen LogP contribution in [0.15, 0.2) is 42.6 Å². The minimum absolute atomic E-state index is 0.266. The topological polar surface area (TPSA) is 60.5 Å². The van der Waals surface area contributed by atoms with Gasteiger partial charge in [-0.25, -0.2) is 4.79 Å². The predicted octanol–water partition coefficient (Wildman–Crippen LogP) is 5.86. The van der Waals surface area contributed by atoms with E-state index in [2.05, 4.69) is 10.3 Å².